The number of fused-ring (bicyclic) bond motifs is 2. The van der Waals surface area contributed by atoms with Crippen molar-refractivity contribution in [1.29, 1.82) is 0 Å². The zero-order chi connectivity index (χ0) is 30.0. The number of rotatable bonds is 6. The summed E-state index contributed by atoms with van der Waals surface area (Å²) in [5.41, 5.74) is 7.33. The van der Waals surface area contributed by atoms with E-state index in [2.05, 4.69) is 15.4 Å². The van der Waals surface area contributed by atoms with Crippen LogP contribution in [0.4, 0.5) is 24.8 Å². The number of imidazole rings is 1. The molecule has 3 fully saturated rings. The molecule has 1 aliphatic carbocycles. The van der Waals surface area contributed by atoms with Crippen LogP contribution in [-0.4, -0.2) is 59.6 Å². The number of amides is 2. The van der Waals surface area contributed by atoms with Crippen molar-refractivity contribution >= 4 is 29.0 Å². The number of nitrogens with two attached hydrogens (primary N) is 1. The smallest absolute Gasteiger partial charge is 0.433 e. The fraction of sp³-hybridized carbons (Fsp3) is 0.414. The zero-order valence-corrected chi connectivity index (χ0v) is 23.3. The fourth-order valence-corrected chi connectivity index (χ4v) is 6.14. The number of benzene rings is 1. The van der Waals surface area contributed by atoms with Gasteiger partial charge in [-0.05, 0) is 50.3 Å². The fourth-order valence-electron chi connectivity index (χ4n) is 6.14. The van der Waals surface area contributed by atoms with Gasteiger partial charge in [-0.3, -0.25) is 18.7 Å². The Morgan fingerprint density at radius 1 is 1.14 bits per heavy atom. The third kappa shape index (κ3) is 4.93. The molecule has 1 aromatic carbocycles. The van der Waals surface area contributed by atoms with Gasteiger partial charge in [0.1, 0.15) is 34.3 Å². The molecule has 7 rings (SSSR count). The Labute approximate surface area is 243 Å². The van der Waals surface area contributed by atoms with Gasteiger partial charge in [-0.1, -0.05) is 0 Å². The van der Waals surface area contributed by atoms with Crippen molar-refractivity contribution in [3.8, 4) is 17.0 Å². The lowest BCUT2D eigenvalue weighted by Gasteiger charge is -2.34. The molecular weight excluding hydrogens is 565 g/mol. The third-order valence-electron chi connectivity index (χ3n) is 8.42. The summed E-state index contributed by atoms with van der Waals surface area (Å²) in [5, 5.41) is 6.23. The van der Waals surface area contributed by atoms with E-state index in [1.165, 1.54) is 0 Å². The van der Waals surface area contributed by atoms with Crippen LogP contribution in [0.15, 0.2) is 36.7 Å². The Balaban J connectivity index is 1.25. The predicted octanol–water partition coefficient (Wildman–Crippen LogP) is 4.39. The van der Waals surface area contributed by atoms with E-state index in [1.807, 2.05) is 9.30 Å². The number of carbonyl (C=O) groups is 2. The number of anilines is 2. The summed E-state index contributed by atoms with van der Waals surface area (Å²) in [7, 11) is 1.16. The Morgan fingerprint density at radius 2 is 1.95 bits per heavy atom. The van der Waals surface area contributed by atoms with Gasteiger partial charge in [0, 0.05) is 61.6 Å². The normalized spacial score (nSPS) is 20.5. The van der Waals surface area contributed by atoms with Crippen molar-refractivity contribution in [2.75, 3.05) is 17.6 Å². The van der Waals surface area contributed by atoms with Gasteiger partial charge < -0.3 is 20.7 Å². The summed E-state index contributed by atoms with van der Waals surface area (Å²) in [6, 6.07) is 5.88. The maximum absolute atomic E-state index is 13.2. The van der Waals surface area contributed by atoms with Gasteiger partial charge in [-0.2, -0.15) is 18.3 Å². The molecule has 43 heavy (non-hydrogen) atoms. The van der Waals surface area contributed by atoms with Crippen molar-refractivity contribution in [2.45, 2.75) is 62.8 Å². The molecular formula is C29H29F3N8O3. The maximum Gasteiger partial charge on any atom is 0.433 e. The maximum atomic E-state index is 13.2. The van der Waals surface area contributed by atoms with E-state index in [1.54, 1.807) is 30.6 Å². The monoisotopic (exact) mass is 594 g/mol. The minimum Gasteiger partial charge on any atom is -0.490 e. The van der Waals surface area contributed by atoms with Gasteiger partial charge in [-0.15, -0.1) is 0 Å². The number of ether oxygens (including phenoxy) is 1. The first kappa shape index (κ1) is 27.2. The Morgan fingerprint density at radius 3 is 2.70 bits per heavy atom. The average molecular weight is 595 g/mol. The molecule has 2 amide bonds. The Kier molecular flexibility index (Phi) is 6.32. The molecule has 0 bridgehead atoms. The van der Waals surface area contributed by atoms with Crippen molar-refractivity contribution in [1.82, 2.24) is 29.0 Å². The topological polar surface area (TPSA) is 133 Å². The third-order valence-corrected chi connectivity index (χ3v) is 8.42. The second-order valence-electron chi connectivity index (χ2n) is 11.4. The molecule has 4 aromatic rings. The molecule has 5 heterocycles. The minimum absolute atomic E-state index is 0.000775. The van der Waals surface area contributed by atoms with Crippen LogP contribution >= 0.6 is 0 Å². The van der Waals surface area contributed by atoms with Gasteiger partial charge in [0.2, 0.25) is 5.91 Å². The van der Waals surface area contributed by atoms with E-state index < -0.39 is 17.8 Å². The lowest BCUT2D eigenvalue weighted by Crippen LogP contribution is -2.41. The van der Waals surface area contributed by atoms with E-state index in [0.29, 0.717) is 40.2 Å². The number of nitrogens with one attached hydrogen (secondary N) is 1. The van der Waals surface area contributed by atoms with Crippen molar-refractivity contribution < 1.29 is 27.5 Å². The summed E-state index contributed by atoms with van der Waals surface area (Å²) in [6.45, 7) is 0.582. The zero-order valence-electron chi connectivity index (χ0n) is 23.3. The number of aryl methyl sites for hydroxylation is 1. The number of nitrogens with zero attached hydrogens (tertiary/aromatic N) is 6. The first-order valence-corrected chi connectivity index (χ1v) is 14.2. The van der Waals surface area contributed by atoms with E-state index in [4.69, 9.17) is 15.5 Å². The van der Waals surface area contributed by atoms with Gasteiger partial charge in [0.15, 0.2) is 5.82 Å². The molecule has 2 atom stereocenters. The summed E-state index contributed by atoms with van der Waals surface area (Å²) in [4.78, 5) is 36.9. The Hall–Kier alpha value is -4.62. The van der Waals surface area contributed by atoms with Crippen molar-refractivity contribution in [3.05, 3.63) is 53.7 Å². The highest BCUT2D eigenvalue weighted by Gasteiger charge is 2.39. The van der Waals surface area contributed by atoms with Crippen LogP contribution in [0.25, 0.3) is 16.8 Å². The first-order chi connectivity index (χ1) is 20.6. The molecule has 3 N–H and O–H groups in total. The number of nitrogen functional groups attached to an aromatic ring is 1. The molecule has 1 saturated carbocycles. The van der Waals surface area contributed by atoms with Gasteiger partial charge in [0.05, 0.1) is 6.10 Å². The van der Waals surface area contributed by atoms with Crippen LogP contribution in [0, 0.1) is 0 Å². The molecule has 2 unspecified atom stereocenters. The largest absolute Gasteiger partial charge is 0.490 e. The number of aromatic nitrogens is 5. The van der Waals surface area contributed by atoms with Crippen LogP contribution in [0.2, 0.25) is 0 Å². The summed E-state index contributed by atoms with van der Waals surface area (Å²) in [6.07, 6.45) is 3.75. The van der Waals surface area contributed by atoms with Crippen molar-refractivity contribution in [3.63, 3.8) is 0 Å². The lowest BCUT2D eigenvalue weighted by atomic mass is 9.92. The summed E-state index contributed by atoms with van der Waals surface area (Å²) < 4.78 is 48.5. The number of carbonyl (C=O) groups excluding carboxylic acids is 2. The molecule has 2 aliphatic heterocycles. The molecule has 2 saturated heterocycles. The second kappa shape index (κ2) is 9.99. The Bertz CT molecular complexity index is 1760. The predicted molar refractivity (Wildman–Crippen MR) is 149 cm³/mol. The van der Waals surface area contributed by atoms with Crippen LogP contribution < -0.4 is 15.8 Å². The van der Waals surface area contributed by atoms with E-state index in [0.717, 1.165) is 51.0 Å². The second-order valence-corrected chi connectivity index (χ2v) is 11.4. The molecule has 0 radical (unpaired) electrons. The van der Waals surface area contributed by atoms with Crippen LogP contribution in [0.1, 0.15) is 66.3 Å². The number of hydrogen-bond donors (Lipinski definition) is 2. The van der Waals surface area contributed by atoms with Crippen LogP contribution in [0.5, 0.6) is 5.75 Å². The number of halogens is 3. The highest BCUT2D eigenvalue weighted by atomic mass is 19.4. The van der Waals surface area contributed by atoms with Crippen LogP contribution in [0.3, 0.4) is 0 Å². The lowest BCUT2D eigenvalue weighted by molar-refractivity contribution is -0.143. The number of piperidine rings is 1. The van der Waals surface area contributed by atoms with E-state index in [-0.39, 0.29) is 41.2 Å². The molecule has 0 spiro atoms. The molecule has 224 valence electrons. The van der Waals surface area contributed by atoms with Gasteiger partial charge >= 0.3 is 6.18 Å². The highest BCUT2D eigenvalue weighted by Crippen LogP contribution is 2.41. The van der Waals surface area contributed by atoms with Gasteiger partial charge in [-0.25, -0.2) is 9.97 Å². The molecule has 3 aromatic heterocycles. The molecule has 11 nitrogen and oxygen atoms in total. The highest BCUT2D eigenvalue weighted by molar-refractivity contribution is 6.04. The number of alkyl halides is 3. The quantitative estimate of drug-likeness (QED) is 0.338. The standard InChI is InChI=1S/C29H29F3N8O3/c1-38-21(29(30,31)32)13-22(37-38)35-28(42)15-3-8-19(20(12-15)43-18-6-7-18)24-25-26(33)34-10-11-39(25)27(36-24)16-2-4-17-5-9-23(41)40(17)14-16/h3,8,10-13,16-18H,2,4-7,9,14H2,1H3,(H2,33,34)(H,35,37,42). The first-order valence-electron chi connectivity index (χ1n) is 14.2. The average Bonchev–Trinajstić information content (AvgIpc) is 3.39. The van der Waals surface area contributed by atoms with E-state index in [9.17, 15) is 22.8 Å². The number of hydrogen-bond acceptors (Lipinski definition) is 7. The summed E-state index contributed by atoms with van der Waals surface area (Å²) >= 11 is 0. The van der Waals surface area contributed by atoms with Crippen LogP contribution in [-0.2, 0) is 18.0 Å². The van der Waals surface area contributed by atoms with Crippen molar-refractivity contribution in [2.24, 2.45) is 7.05 Å². The minimum atomic E-state index is -4.61. The SMILES string of the molecule is Cn1nc(NC(=O)c2ccc(-c3nc(C4CCC5CCC(=O)N5C4)n4ccnc(N)c34)c(OC3CC3)c2)cc1C(F)(F)F. The van der Waals surface area contributed by atoms with Gasteiger partial charge in [0.25, 0.3) is 5.91 Å². The molecule has 14 heteroatoms. The van der Waals surface area contributed by atoms with E-state index >= 15 is 0 Å². The molecule has 3 aliphatic rings. The summed E-state index contributed by atoms with van der Waals surface area (Å²) in [5.74, 6) is 0.765.